The van der Waals surface area contributed by atoms with Crippen molar-refractivity contribution in [3.8, 4) is 12.3 Å². The maximum Gasteiger partial charge on any atom is 0.272 e. The molecule has 1 unspecified atom stereocenters. The van der Waals surface area contributed by atoms with Crippen molar-refractivity contribution in [2.24, 2.45) is 0 Å². The Balaban J connectivity index is 2.70. The van der Waals surface area contributed by atoms with Crippen LogP contribution in [0.15, 0.2) is 17.0 Å². The van der Waals surface area contributed by atoms with E-state index in [2.05, 4.69) is 42.7 Å². The van der Waals surface area contributed by atoms with Crippen molar-refractivity contribution in [3.63, 3.8) is 0 Å². The van der Waals surface area contributed by atoms with E-state index >= 15 is 0 Å². The van der Waals surface area contributed by atoms with Gasteiger partial charge in [0.15, 0.2) is 9.84 Å². The minimum Gasteiger partial charge on any atom is -0.368 e. The van der Waals surface area contributed by atoms with Crippen molar-refractivity contribution in [2.75, 3.05) is 48.8 Å². The molecule has 1 aromatic carbocycles. The lowest BCUT2D eigenvalue weighted by Crippen LogP contribution is -2.32. The third-order valence-corrected chi connectivity index (χ3v) is 8.08. The average molecular weight is 551 g/mol. The third-order valence-electron chi connectivity index (χ3n) is 5.10. The summed E-state index contributed by atoms with van der Waals surface area (Å²) in [6, 6.07) is 2.46. The van der Waals surface area contributed by atoms with Gasteiger partial charge in [0.25, 0.3) is 5.69 Å². The van der Waals surface area contributed by atoms with Crippen LogP contribution in [0.1, 0.15) is 24.8 Å². The molecule has 1 aromatic rings. The first-order valence-corrected chi connectivity index (χ1v) is 13.1. The van der Waals surface area contributed by atoms with Gasteiger partial charge in [0.1, 0.15) is 0 Å². The summed E-state index contributed by atoms with van der Waals surface area (Å²) in [6.07, 6.45) is 7.44. The molecule has 160 valence electrons. The average Bonchev–Trinajstić information content (AvgIpc) is 2.91. The molecule has 0 N–H and O–H groups in total. The molecule has 0 radical (unpaired) electrons. The van der Waals surface area contributed by atoms with Gasteiger partial charge in [-0.1, -0.05) is 37.8 Å². The summed E-state index contributed by atoms with van der Waals surface area (Å²) >= 11 is 6.80. The highest BCUT2D eigenvalue weighted by Crippen LogP contribution is 2.37. The van der Waals surface area contributed by atoms with E-state index in [1.54, 1.807) is 0 Å². The van der Waals surface area contributed by atoms with Crippen LogP contribution in [0.2, 0.25) is 0 Å². The number of benzene rings is 1. The van der Waals surface area contributed by atoms with Gasteiger partial charge in [-0.05, 0) is 39.4 Å². The van der Waals surface area contributed by atoms with Crippen molar-refractivity contribution in [1.82, 2.24) is 4.90 Å². The first-order chi connectivity index (χ1) is 13.8. The van der Waals surface area contributed by atoms with E-state index in [-0.39, 0.29) is 16.1 Å². The molecular formula is C19H25Br2N3O4S. The van der Waals surface area contributed by atoms with Gasteiger partial charge in [-0.3, -0.25) is 10.1 Å². The number of sulfone groups is 1. The van der Waals surface area contributed by atoms with E-state index in [0.29, 0.717) is 48.8 Å². The number of non-ortho nitro benzene ring substituents is 1. The number of rotatable bonds is 8. The molecule has 1 fully saturated rings. The fraction of sp³-hybridized carbons (Fsp3) is 0.579. The summed E-state index contributed by atoms with van der Waals surface area (Å²) in [4.78, 5) is 14.8. The summed E-state index contributed by atoms with van der Waals surface area (Å²) < 4.78 is 27.3. The fourth-order valence-electron chi connectivity index (χ4n) is 3.59. The second-order valence-electron chi connectivity index (χ2n) is 7.01. The van der Waals surface area contributed by atoms with E-state index < -0.39 is 20.0 Å². The molecule has 0 amide bonds. The molecule has 0 saturated carbocycles. The second kappa shape index (κ2) is 10.8. The molecule has 0 bridgehead atoms. The lowest BCUT2D eigenvalue weighted by Gasteiger charge is -2.28. The highest BCUT2D eigenvalue weighted by atomic mass is 79.9. The quantitative estimate of drug-likeness (QED) is 0.213. The van der Waals surface area contributed by atoms with E-state index in [9.17, 15) is 18.5 Å². The van der Waals surface area contributed by atoms with E-state index in [0.717, 1.165) is 13.0 Å². The topological polar surface area (TPSA) is 83.8 Å². The Bertz CT molecular complexity index is 880. The number of nitro benzene ring substituents is 1. The minimum atomic E-state index is -3.81. The Labute approximate surface area is 189 Å². The summed E-state index contributed by atoms with van der Waals surface area (Å²) in [6.45, 7) is 2.55. The Kier molecular flexibility index (Phi) is 8.94. The zero-order valence-electron chi connectivity index (χ0n) is 16.3. The molecular weight excluding hydrogens is 526 g/mol. The van der Waals surface area contributed by atoms with Crippen LogP contribution < -0.4 is 4.90 Å². The fourth-order valence-corrected chi connectivity index (χ4v) is 6.49. The number of nitrogens with zero attached hydrogens (tertiary/aromatic N) is 3. The second-order valence-corrected chi connectivity index (χ2v) is 10.8. The third kappa shape index (κ3) is 5.72. The molecule has 0 aromatic heterocycles. The number of likely N-dealkylation sites (tertiary alicyclic amines) is 1. The molecule has 1 saturated heterocycles. The molecule has 0 spiro atoms. The van der Waals surface area contributed by atoms with Crippen LogP contribution in [-0.4, -0.2) is 67.4 Å². The van der Waals surface area contributed by atoms with Gasteiger partial charge in [0.2, 0.25) is 0 Å². The van der Waals surface area contributed by atoms with E-state index in [4.69, 9.17) is 6.42 Å². The van der Waals surface area contributed by atoms with Crippen molar-refractivity contribution in [1.29, 1.82) is 0 Å². The number of hydrogen-bond donors (Lipinski definition) is 0. The summed E-state index contributed by atoms with van der Waals surface area (Å²) in [5.41, 5.74) is 0.309. The first kappa shape index (κ1) is 24.1. The number of anilines is 1. The van der Waals surface area contributed by atoms with Gasteiger partial charge < -0.3 is 9.80 Å². The van der Waals surface area contributed by atoms with Crippen molar-refractivity contribution < 1.29 is 13.3 Å². The molecule has 10 heteroatoms. The highest BCUT2D eigenvalue weighted by molar-refractivity contribution is 9.09. The summed E-state index contributed by atoms with van der Waals surface area (Å²) in [7, 11) is -1.84. The van der Waals surface area contributed by atoms with E-state index in [1.165, 1.54) is 12.1 Å². The Morgan fingerprint density at radius 1 is 1.28 bits per heavy atom. The first-order valence-electron chi connectivity index (χ1n) is 9.34. The Hall–Kier alpha value is -1.15. The SMILES string of the molecule is C#Cc1cc([N+](=O)[O-])cc(S(=O)(=O)C2CCCN(C)CC2)c1N(CCBr)CCBr. The van der Waals surface area contributed by atoms with E-state index in [1.807, 2.05) is 11.9 Å². The lowest BCUT2D eigenvalue weighted by atomic mass is 10.1. The molecule has 7 nitrogen and oxygen atoms in total. The maximum absolute atomic E-state index is 13.7. The monoisotopic (exact) mass is 549 g/mol. The molecule has 1 aliphatic rings. The minimum absolute atomic E-state index is 0.0314. The van der Waals surface area contributed by atoms with Crippen LogP contribution in [0.25, 0.3) is 0 Å². The predicted octanol–water partition coefficient (Wildman–Crippen LogP) is 3.43. The van der Waals surface area contributed by atoms with Crippen molar-refractivity contribution in [2.45, 2.75) is 29.4 Å². The standard InChI is InChI=1S/C19H25Br2N3O4S/c1-3-15-13-16(24(25)26)14-18(19(15)23(11-7-20)12-8-21)29(27,28)17-5-4-9-22(2)10-6-17/h1,13-14,17H,4-12H2,2H3. The summed E-state index contributed by atoms with van der Waals surface area (Å²) in [5.74, 6) is 2.47. The molecule has 1 aliphatic heterocycles. The number of nitro groups is 1. The van der Waals surface area contributed by atoms with Gasteiger partial charge in [0.05, 0.1) is 26.3 Å². The Morgan fingerprint density at radius 3 is 2.48 bits per heavy atom. The van der Waals surface area contributed by atoms with Crippen LogP contribution in [0.3, 0.4) is 0 Å². The normalized spacial score (nSPS) is 18.1. The summed E-state index contributed by atoms with van der Waals surface area (Å²) in [5, 5.41) is 12.1. The number of hydrogen-bond acceptors (Lipinski definition) is 6. The zero-order valence-corrected chi connectivity index (χ0v) is 20.3. The highest BCUT2D eigenvalue weighted by Gasteiger charge is 2.34. The maximum atomic E-state index is 13.7. The number of halogens is 2. The predicted molar refractivity (Wildman–Crippen MR) is 123 cm³/mol. The Morgan fingerprint density at radius 2 is 1.93 bits per heavy atom. The van der Waals surface area contributed by atoms with Gasteiger partial charge in [-0.15, -0.1) is 6.42 Å². The molecule has 1 heterocycles. The van der Waals surface area contributed by atoms with Gasteiger partial charge in [0, 0.05) is 35.9 Å². The molecule has 0 aliphatic carbocycles. The zero-order chi connectivity index (χ0) is 21.6. The van der Waals surface area contributed by atoms with Crippen LogP contribution in [0, 0.1) is 22.5 Å². The van der Waals surface area contributed by atoms with Crippen LogP contribution in [0.5, 0.6) is 0 Å². The molecule has 29 heavy (non-hydrogen) atoms. The van der Waals surface area contributed by atoms with Gasteiger partial charge in [-0.2, -0.15) is 0 Å². The number of alkyl halides is 2. The molecule has 2 rings (SSSR count). The van der Waals surface area contributed by atoms with Gasteiger partial charge in [-0.25, -0.2) is 8.42 Å². The van der Waals surface area contributed by atoms with Crippen molar-refractivity contribution >= 4 is 53.1 Å². The van der Waals surface area contributed by atoms with Crippen LogP contribution in [-0.2, 0) is 9.84 Å². The van der Waals surface area contributed by atoms with Crippen LogP contribution >= 0.6 is 31.9 Å². The van der Waals surface area contributed by atoms with Crippen molar-refractivity contribution in [3.05, 3.63) is 27.8 Å². The smallest absolute Gasteiger partial charge is 0.272 e. The largest absolute Gasteiger partial charge is 0.368 e. The molecule has 1 atom stereocenters. The van der Waals surface area contributed by atoms with Gasteiger partial charge >= 0.3 is 0 Å². The van der Waals surface area contributed by atoms with Crippen LogP contribution in [0.4, 0.5) is 11.4 Å². The lowest BCUT2D eigenvalue weighted by molar-refractivity contribution is -0.385. The number of terminal acetylenes is 1.